The van der Waals surface area contributed by atoms with Gasteiger partial charge in [0.15, 0.2) is 0 Å². The Morgan fingerprint density at radius 2 is 2.20 bits per heavy atom. The van der Waals surface area contributed by atoms with Crippen LogP contribution in [0.3, 0.4) is 0 Å². The summed E-state index contributed by atoms with van der Waals surface area (Å²) in [5.74, 6) is -0.147. The molecule has 0 spiro atoms. The smallest absolute Gasteiger partial charge is 0.266 e. The Labute approximate surface area is 91.9 Å². The summed E-state index contributed by atoms with van der Waals surface area (Å²) in [5, 5.41) is 0.0266. The van der Waals surface area contributed by atoms with Crippen molar-refractivity contribution in [2.45, 2.75) is 0 Å². The third-order valence-electron chi connectivity index (χ3n) is 1.56. The number of rotatable bonds is 4. The zero-order valence-electron chi connectivity index (χ0n) is 7.83. The fourth-order valence-corrected chi connectivity index (χ4v) is 1.43. The number of halogens is 1. The highest BCUT2D eigenvalue weighted by atomic mass is 35.5. The van der Waals surface area contributed by atoms with Gasteiger partial charge in [0.05, 0.1) is 5.75 Å². The normalized spacial score (nSPS) is 11.4. The quantitative estimate of drug-likeness (QED) is 0.744. The fourth-order valence-electron chi connectivity index (χ4n) is 0.805. The van der Waals surface area contributed by atoms with Gasteiger partial charge in [-0.15, -0.1) is 0 Å². The Morgan fingerprint density at radius 1 is 1.53 bits per heavy atom. The Balaban J connectivity index is 2.65. The lowest BCUT2D eigenvalue weighted by Gasteiger charge is -2.14. The van der Waals surface area contributed by atoms with E-state index in [1.54, 1.807) is 7.05 Å². The minimum absolute atomic E-state index is 0.0266. The van der Waals surface area contributed by atoms with Gasteiger partial charge >= 0.3 is 0 Å². The molecule has 1 heterocycles. The number of nitrogens with zero attached hydrogens (tertiary/aromatic N) is 4. The van der Waals surface area contributed by atoms with Crippen molar-refractivity contribution in [3.8, 4) is 0 Å². The Kier molecular flexibility index (Phi) is 3.77. The van der Waals surface area contributed by atoms with Gasteiger partial charge in [0.25, 0.3) is 10.1 Å². The van der Waals surface area contributed by atoms with Gasteiger partial charge < -0.3 is 4.90 Å². The Bertz CT molecular complexity index is 438. The zero-order valence-corrected chi connectivity index (χ0v) is 9.40. The molecule has 0 atom stereocenters. The maximum atomic E-state index is 10.5. The Hall–Kier alpha value is -0.990. The topological polar surface area (TPSA) is 96.3 Å². The molecular weight excluding hydrogens is 244 g/mol. The summed E-state index contributed by atoms with van der Waals surface area (Å²) in [5.41, 5.74) is 0. The maximum Gasteiger partial charge on any atom is 0.266 e. The van der Waals surface area contributed by atoms with Crippen LogP contribution in [0.5, 0.6) is 0 Å². The lowest BCUT2D eigenvalue weighted by atomic mass is 10.6. The van der Waals surface area contributed by atoms with Crippen LogP contribution in [0.1, 0.15) is 0 Å². The lowest BCUT2D eigenvalue weighted by molar-refractivity contribution is 0.483. The summed E-state index contributed by atoms with van der Waals surface area (Å²) in [6.45, 7) is 0.0686. The lowest BCUT2D eigenvalue weighted by Crippen LogP contribution is -2.26. The molecule has 1 N–H and O–H groups in total. The van der Waals surface area contributed by atoms with Gasteiger partial charge in [0.2, 0.25) is 11.2 Å². The van der Waals surface area contributed by atoms with E-state index in [4.69, 9.17) is 16.2 Å². The highest BCUT2D eigenvalue weighted by molar-refractivity contribution is 7.85. The summed E-state index contributed by atoms with van der Waals surface area (Å²) in [4.78, 5) is 12.6. The third-order valence-corrected chi connectivity index (χ3v) is 2.44. The van der Waals surface area contributed by atoms with E-state index < -0.39 is 15.9 Å². The van der Waals surface area contributed by atoms with Crippen LogP contribution in [0.25, 0.3) is 0 Å². The molecule has 0 aromatic carbocycles. The molecule has 0 aliphatic rings. The first-order chi connectivity index (χ1) is 6.88. The van der Waals surface area contributed by atoms with Crippen molar-refractivity contribution in [1.82, 2.24) is 15.0 Å². The highest BCUT2D eigenvalue weighted by Crippen LogP contribution is 2.06. The summed E-state index contributed by atoms with van der Waals surface area (Å²) >= 11 is 5.52. The molecule has 0 aliphatic heterocycles. The molecule has 7 nitrogen and oxygen atoms in total. The van der Waals surface area contributed by atoms with Gasteiger partial charge in [0.1, 0.15) is 6.33 Å². The van der Waals surface area contributed by atoms with E-state index in [0.29, 0.717) is 0 Å². The molecule has 0 aliphatic carbocycles. The molecule has 0 saturated carbocycles. The summed E-state index contributed by atoms with van der Waals surface area (Å²) in [7, 11) is -2.40. The van der Waals surface area contributed by atoms with E-state index in [-0.39, 0.29) is 17.8 Å². The van der Waals surface area contributed by atoms with E-state index >= 15 is 0 Å². The maximum absolute atomic E-state index is 10.5. The second-order valence-corrected chi connectivity index (χ2v) is 4.67. The minimum Gasteiger partial charge on any atom is -0.343 e. The molecule has 84 valence electrons. The second-order valence-electron chi connectivity index (χ2n) is 2.76. The summed E-state index contributed by atoms with van der Waals surface area (Å²) in [6, 6.07) is 0. The van der Waals surface area contributed by atoms with Crippen molar-refractivity contribution in [3.63, 3.8) is 0 Å². The van der Waals surface area contributed by atoms with E-state index in [9.17, 15) is 8.42 Å². The largest absolute Gasteiger partial charge is 0.343 e. The predicted molar refractivity (Wildman–Crippen MR) is 54.5 cm³/mol. The molecule has 1 aromatic heterocycles. The zero-order chi connectivity index (χ0) is 11.5. The van der Waals surface area contributed by atoms with E-state index in [1.165, 1.54) is 11.2 Å². The first-order valence-corrected chi connectivity index (χ1v) is 5.88. The highest BCUT2D eigenvalue weighted by Gasteiger charge is 2.10. The van der Waals surface area contributed by atoms with Crippen LogP contribution < -0.4 is 4.90 Å². The molecule has 0 bridgehead atoms. The first-order valence-electron chi connectivity index (χ1n) is 3.89. The minimum atomic E-state index is -3.98. The van der Waals surface area contributed by atoms with Crippen molar-refractivity contribution in [1.29, 1.82) is 0 Å². The first kappa shape index (κ1) is 12.1. The van der Waals surface area contributed by atoms with Crippen molar-refractivity contribution < 1.29 is 13.0 Å². The molecule has 0 amide bonds. The molecule has 1 rings (SSSR count). The third kappa shape index (κ3) is 4.36. The SMILES string of the molecule is CN(CCS(=O)(=O)O)c1ncnc(Cl)n1. The summed E-state index contributed by atoms with van der Waals surface area (Å²) < 4.78 is 29.5. The number of hydrogen-bond donors (Lipinski definition) is 1. The van der Waals surface area contributed by atoms with Crippen LogP contribution in [0, 0.1) is 0 Å². The average molecular weight is 253 g/mol. The standard InChI is InChI=1S/C6H9ClN4O3S/c1-11(2-3-15(12,13)14)6-9-4-8-5(7)10-6/h4H,2-3H2,1H3,(H,12,13,14). The number of anilines is 1. The monoisotopic (exact) mass is 252 g/mol. The van der Waals surface area contributed by atoms with Crippen molar-refractivity contribution in [2.75, 3.05) is 24.2 Å². The van der Waals surface area contributed by atoms with E-state index in [2.05, 4.69) is 15.0 Å². The van der Waals surface area contributed by atoms with Crippen LogP contribution in [0.2, 0.25) is 5.28 Å². The van der Waals surface area contributed by atoms with Crippen LogP contribution in [-0.4, -0.2) is 47.3 Å². The fraction of sp³-hybridized carbons (Fsp3) is 0.500. The summed E-state index contributed by atoms with van der Waals surface area (Å²) in [6.07, 6.45) is 1.22. The molecular formula is C6H9ClN4O3S. The van der Waals surface area contributed by atoms with Gasteiger partial charge in [-0.2, -0.15) is 13.4 Å². The van der Waals surface area contributed by atoms with Gasteiger partial charge in [-0.1, -0.05) is 0 Å². The van der Waals surface area contributed by atoms with E-state index in [0.717, 1.165) is 0 Å². The van der Waals surface area contributed by atoms with Crippen LogP contribution in [0.15, 0.2) is 6.33 Å². The molecule has 0 fully saturated rings. The number of aromatic nitrogens is 3. The van der Waals surface area contributed by atoms with Crippen molar-refractivity contribution in [3.05, 3.63) is 11.6 Å². The van der Waals surface area contributed by atoms with Crippen LogP contribution in [-0.2, 0) is 10.1 Å². The van der Waals surface area contributed by atoms with Crippen molar-refractivity contribution >= 4 is 27.7 Å². The molecule has 9 heteroatoms. The second kappa shape index (κ2) is 4.69. The van der Waals surface area contributed by atoms with Gasteiger partial charge in [-0.25, -0.2) is 9.97 Å². The molecule has 1 aromatic rings. The molecule has 0 unspecified atom stereocenters. The number of hydrogen-bond acceptors (Lipinski definition) is 6. The van der Waals surface area contributed by atoms with Gasteiger partial charge in [-0.3, -0.25) is 4.55 Å². The van der Waals surface area contributed by atoms with Gasteiger partial charge in [-0.05, 0) is 11.6 Å². The molecule has 15 heavy (non-hydrogen) atoms. The van der Waals surface area contributed by atoms with Crippen molar-refractivity contribution in [2.24, 2.45) is 0 Å². The average Bonchev–Trinajstić information content (AvgIpc) is 2.13. The van der Waals surface area contributed by atoms with E-state index in [1.807, 2.05) is 0 Å². The van der Waals surface area contributed by atoms with Crippen LogP contribution >= 0.6 is 11.6 Å². The molecule has 0 radical (unpaired) electrons. The Morgan fingerprint density at radius 3 is 2.73 bits per heavy atom. The van der Waals surface area contributed by atoms with Crippen LogP contribution in [0.4, 0.5) is 5.95 Å². The molecule has 0 saturated heterocycles. The van der Waals surface area contributed by atoms with Gasteiger partial charge in [0, 0.05) is 13.6 Å². The predicted octanol–water partition coefficient (Wildman–Crippen LogP) is -0.151.